The average Bonchev–Trinajstić information content (AvgIpc) is 2.62. The van der Waals surface area contributed by atoms with Gasteiger partial charge in [0.1, 0.15) is 6.04 Å². The number of benzene rings is 1. The summed E-state index contributed by atoms with van der Waals surface area (Å²) in [6.07, 6.45) is 0.746. The molecule has 2 N–H and O–H groups in total. The standard InChI is InChI=1S/C17H26N2O5/c1-6-11(2)15(16(20)24-5)19-17(21)18-10-12-7-8-13(22-3)14(9-12)23-4/h7-9,11,15H,6,10H2,1-5H3,(H2,18,19,21)/t11-,15-/m1/s1. The fourth-order valence-electron chi connectivity index (χ4n) is 2.16. The van der Waals surface area contributed by atoms with Crippen molar-refractivity contribution in [1.82, 2.24) is 10.6 Å². The Hall–Kier alpha value is -2.44. The van der Waals surface area contributed by atoms with Crippen molar-refractivity contribution in [2.24, 2.45) is 5.92 Å². The van der Waals surface area contributed by atoms with Crippen molar-refractivity contribution in [1.29, 1.82) is 0 Å². The van der Waals surface area contributed by atoms with E-state index in [1.165, 1.54) is 7.11 Å². The lowest BCUT2D eigenvalue weighted by molar-refractivity contribution is -0.144. The Morgan fingerprint density at radius 3 is 2.33 bits per heavy atom. The highest BCUT2D eigenvalue weighted by Gasteiger charge is 2.26. The van der Waals surface area contributed by atoms with Gasteiger partial charge in [0.05, 0.1) is 21.3 Å². The van der Waals surface area contributed by atoms with E-state index in [2.05, 4.69) is 10.6 Å². The SMILES string of the molecule is CC[C@@H](C)[C@@H](NC(=O)NCc1ccc(OC)c(OC)c1)C(=O)OC. The molecule has 0 aliphatic heterocycles. The molecule has 1 rings (SSSR count). The number of methoxy groups -OCH3 is 3. The number of amides is 2. The molecule has 2 atom stereocenters. The monoisotopic (exact) mass is 338 g/mol. The number of urea groups is 1. The van der Waals surface area contributed by atoms with Crippen LogP contribution in [0.25, 0.3) is 0 Å². The summed E-state index contributed by atoms with van der Waals surface area (Å²) in [5.74, 6) is 0.729. The van der Waals surface area contributed by atoms with Gasteiger partial charge in [-0.1, -0.05) is 26.3 Å². The molecule has 134 valence electrons. The number of esters is 1. The molecule has 0 heterocycles. The molecule has 24 heavy (non-hydrogen) atoms. The zero-order valence-corrected chi connectivity index (χ0v) is 14.8. The van der Waals surface area contributed by atoms with Crippen molar-refractivity contribution in [3.05, 3.63) is 23.8 Å². The van der Waals surface area contributed by atoms with Gasteiger partial charge >= 0.3 is 12.0 Å². The summed E-state index contributed by atoms with van der Waals surface area (Å²) in [5, 5.41) is 5.38. The highest BCUT2D eigenvalue weighted by Crippen LogP contribution is 2.27. The van der Waals surface area contributed by atoms with Crippen LogP contribution in [0.2, 0.25) is 0 Å². The first kappa shape index (κ1) is 19.6. The minimum absolute atomic E-state index is 0.0238. The van der Waals surface area contributed by atoms with Crippen LogP contribution in [0.15, 0.2) is 18.2 Å². The largest absolute Gasteiger partial charge is 0.493 e. The summed E-state index contributed by atoms with van der Waals surface area (Å²) < 4.78 is 15.1. The van der Waals surface area contributed by atoms with Crippen molar-refractivity contribution < 1.29 is 23.8 Å². The van der Waals surface area contributed by atoms with Gasteiger partial charge in [-0.25, -0.2) is 9.59 Å². The van der Waals surface area contributed by atoms with E-state index >= 15 is 0 Å². The van der Waals surface area contributed by atoms with E-state index in [1.807, 2.05) is 19.9 Å². The van der Waals surface area contributed by atoms with Crippen molar-refractivity contribution in [2.45, 2.75) is 32.9 Å². The van der Waals surface area contributed by atoms with Crippen LogP contribution in [-0.2, 0) is 16.1 Å². The second-order valence-electron chi connectivity index (χ2n) is 5.40. The Bertz CT molecular complexity index is 562. The molecule has 1 aromatic rings. The van der Waals surface area contributed by atoms with E-state index in [0.29, 0.717) is 18.0 Å². The van der Waals surface area contributed by atoms with Gasteiger partial charge in [-0.2, -0.15) is 0 Å². The van der Waals surface area contributed by atoms with Crippen molar-refractivity contribution >= 4 is 12.0 Å². The maximum atomic E-state index is 12.1. The van der Waals surface area contributed by atoms with E-state index in [1.54, 1.807) is 26.4 Å². The third-order valence-corrected chi connectivity index (χ3v) is 3.86. The van der Waals surface area contributed by atoms with Crippen LogP contribution in [0.1, 0.15) is 25.8 Å². The predicted molar refractivity (Wildman–Crippen MR) is 90.2 cm³/mol. The molecular weight excluding hydrogens is 312 g/mol. The smallest absolute Gasteiger partial charge is 0.328 e. The molecule has 2 amide bonds. The third kappa shape index (κ3) is 5.33. The molecule has 0 saturated carbocycles. The van der Waals surface area contributed by atoms with Crippen LogP contribution in [0, 0.1) is 5.92 Å². The Balaban J connectivity index is 2.66. The average molecular weight is 338 g/mol. The molecule has 0 fully saturated rings. The zero-order chi connectivity index (χ0) is 18.1. The number of carbonyl (C=O) groups excluding carboxylic acids is 2. The van der Waals surface area contributed by atoms with Gasteiger partial charge in [0, 0.05) is 6.54 Å². The van der Waals surface area contributed by atoms with Crippen molar-refractivity contribution in [3.63, 3.8) is 0 Å². The predicted octanol–water partition coefficient (Wildman–Crippen LogP) is 2.09. The topological polar surface area (TPSA) is 85.9 Å². The van der Waals surface area contributed by atoms with Crippen LogP contribution in [0.5, 0.6) is 11.5 Å². The summed E-state index contributed by atoms with van der Waals surface area (Å²) in [4.78, 5) is 23.8. The van der Waals surface area contributed by atoms with Crippen LogP contribution in [-0.4, -0.2) is 39.4 Å². The normalized spacial score (nSPS) is 12.7. The summed E-state index contributed by atoms with van der Waals surface area (Å²) in [7, 11) is 4.42. The Labute approximate surface area is 142 Å². The Kier molecular flexibility index (Phi) is 7.88. The number of hydrogen-bond donors (Lipinski definition) is 2. The lowest BCUT2D eigenvalue weighted by Crippen LogP contribution is -2.49. The Morgan fingerprint density at radius 1 is 1.12 bits per heavy atom. The minimum atomic E-state index is -0.676. The number of nitrogens with one attached hydrogen (secondary N) is 2. The molecule has 0 bridgehead atoms. The first-order chi connectivity index (χ1) is 11.5. The molecular formula is C17H26N2O5. The van der Waals surface area contributed by atoms with E-state index in [4.69, 9.17) is 14.2 Å². The van der Waals surface area contributed by atoms with Gasteiger partial charge in [0.15, 0.2) is 11.5 Å². The van der Waals surface area contributed by atoms with Gasteiger partial charge in [-0.15, -0.1) is 0 Å². The molecule has 0 aliphatic rings. The van der Waals surface area contributed by atoms with Crippen LogP contribution < -0.4 is 20.1 Å². The molecule has 1 aromatic carbocycles. The van der Waals surface area contributed by atoms with Crippen LogP contribution in [0.3, 0.4) is 0 Å². The zero-order valence-electron chi connectivity index (χ0n) is 14.8. The fraction of sp³-hybridized carbons (Fsp3) is 0.529. The summed E-state index contributed by atoms with van der Waals surface area (Å²) in [6, 6.07) is 4.27. The molecule has 0 radical (unpaired) electrons. The van der Waals surface area contributed by atoms with Gasteiger partial charge < -0.3 is 24.8 Å². The van der Waals surface area contributed by atoms with Crippen molar-refractivity contribution in [3.8, 4) is 11.5 Å². The van der Waals surface area contributed by atoms with Gasteiger partial charge in [0.25, 0.3) is 0 Å². The minimum Gasteiger partial charge on any atom is -0.493 e. The first-order valence-corrected chi connectivity index (χ1v) is 7.79. The second kappa shape index (κ2) is 9.64. The van der Waals surface area contributed by atoms with Gasteiger partial charge in [-0.3, -0.25) is 0 Å². The first-order valence-electron chi connectivity index (χ1n) is 7.79. The quantitative estimate of drug-likeness (QED) is 0.709. The molecule has 0 saturated heterocycles. The molecule has 0 aromatic heterocycles. The lowest BCUT2D eigenvalue weighted by atomic mass is 9.99. The Morgan fingerprint density at radius 2 is 1.79 bits per heavy atom. The second-order valence-corrected chi connectivity index (χ2v) is 5.40. The van der Waals surface area contributed by atoms with Crippen LogP contribution >= 0.6 is 0 Å². The van der Waals surface area contributed by atoms with Gasteiger partial charge in [0.2, 0.25) is 0 Å². The van der Waals surface area contributed by atoms with Gasteiger partial charge in [-0.05, 0) is 23.6 Å². The maximum absolute atomic E-state index is 12.1. The number of hydrogen-bond acceptors (Lipinski definition) is 5. The van der Waals surface area contributed by atoms with E-state index in [9.17, 15) is 9.59 Å². The fourth-order valence-corrected chi connectivity index (χ4v) is 2.16. The van der Waals surface area contributed by atoms with E-state index in [0.717, 1.165) is 12.0 Å². The third-order valence-electron chi connectivity index (χ3n) is 3.86. The summed E-state index contributed by atoms with van der Waals surface area (Å²) in [6.45, 7) is 4.13. The molecule has 7 heteroatoms. The highest BCUT2D eigenvalue weighted by atomic mass is 16.5. The van der Waals surface area contributed by atoms with Crippen molar-refractivity contribution in [2.75, 3.05) is 21.3 Å². The highest BCUT2D eigenvalue weighted by molar-refractivity contribution is 5.83. The van der Waals surface area contributed by atoms with Crippen LogP contribution in [0.4, 0.5) is 4.79 Å². The molecule has 7 nitrogen and oxygen atoms in total. The number of carbonyl (C=O) groups is 2. The molecule has 0 aliphatic carbocycles. The molecule has 0 unspecified atom stereocenters. The van der Waals surface area contributed by atoms with E-state index < -0.39 is 18.0 Å². The summed E-state index contributed by atoms with van der Waals surface area (Å²) >= 11 is 0. The lowest BCUT2D eigenvalue weighted by Gasteiger charge is -2.22. The number of ether oxygens (including phenoxy) is 3. The number of rotatable bonds is 8. The maximum Gasteiger partial charge on any atom is 0.328 e. The molecule has 0 spiro atoms. The summed E-state index contributed by atoms with van der Waals surface area (Å²) in [5.41, 5.74) is 0.848. The van der Waals surface area contributed by atoms with E-state index in [-0.39, 0.29) is 5.92 Å².